The molecule has 1 fully saturated rings. The highest BCUT2D eigenvalue weighted by molar-refractivity contribution is 6.08. The highest BCUT2D eigenvalue weighted by atomic mass is 16.5. The van der Waals surface area contributed by atoms with Crippen molar-refractivity contribution in [3.8, 4) is 0 Å². The number of anilines is 2. The first-order chi connectivity index (χ1) is 12.5. The van der Waals surface area contributed by atoms with E-state index in [0.29, 0.717) is 24.5 Å². The minimum absolute atomic E-state index is 0.0720. The minimum Gasteiger partial charge on any atom is -0.466 e. The molecule has 1 aromatic rings. The lowest BCUT2D eigenvalue weighted by Gasteiger charge is -2.17. The van der Waals surface area contributed by atoms with Gasteiger partial charge in [-0.05, 0) is 18.2 Å². The van der Waals surface area contributed by atoms with E-state index in [2.05, 4.69) is 10.6 Å². The third-order valence-corrected chi connectivity index (χ3v) is 4.24. The Morgan fingerprint density at radius 2 is 2.19 bits per heavy atom. The Morgan fingerprint density at radius 1 is 1.38 bits per heavy atom. The van der Waals surface area contributed by atoms with Gasteiger partial charge in [0.1, 0.15) is 5.70 Å². The Bertz CT molecular complexity index is 776. The lowest BCUT2D eigenvalue weighted by molar-refractivity contribution is -0.136. The van der Waals surface area contributed by atoms with Crippen LogP contribution in [0, 0.1) is 0 Å². The van der Waals surface area contributed by atoms with E-state index in [-0.39, 0.29) is 42.9 Å². The van der Waals surface area contributed by atoms with Crippen molar-refractivity contribution >= 4 is 29.3 Å². The van der Waals surface area contributed by atoms with Crippen LogP contribution in [0.25, 0.3) is 0 Å². The van der Waals surface area contributed by atoms with Gasteiger partial charge >= 0.3 is 12.0 Å². The third-order valence-electron chi connectivity index (χ3n) is 4.24. The maximum atomic E-state index is 12.5. The molecule has 2 aliphatic heterocycles. The first-order valence-electron chi connectivity index (χ1n) is 8.19. The van der Waals surface area contributed by atoms with E-state index in [9.17, 15) is 14.4 Å². The number of carbonyl (C=O) groups excluding carboxylic acids is 3. The molecule has 9 heteroatoms. The Morgan fingerprint density at radius 3 is 2.85 bits per heavy atom. The highest BCUT2D eigenvalue weighted by Crippen LogP contribution is 2.26. The van der Waals surface area contributed by atoms with E-state index in [1.165, 1.54) is 12.0 Å². The van der Waals surface area contributed by atoms with E-state index in [4.69, 9.17) is 9.84 Å². The van der Waals surface area contributed by atoms with Crippen LogP contribution in [0.15, 0.2) is 35.5 Å². The van der Waals surface area contributed by atoms with Crippen LogP contribution in [-0.2, 0) is 14.3 Å². The first-order valence-corrected chi connectivity index (χ1v) is 8.19. The van der Waals surface area contributed by atoms with Crippen LogP contribution in [-0.4, -0.2) is 67.8 Å². The average molecular weight is 360 g/mol. The summed E-state index contributed by atoms with van der Waals surface area (Å²) in [6.07, 6.45) is 0. The Hall–Kier alpha value is -3.07. The number of benzene rings is 1. The molecule has 2 aliphatic rings. The molecule has 2 heterocycles. The van der Waals surface area contributed by atoms with Gasteiger partial charge in [0.2, 0.25) is 0 Å². The van der Waals surface area contributed by atoms with Crippen LogP contribution in [0.3, 0.4) is 0 Å². The molecule has 3 amide bonds. The van der Waals surface area contributed by atoms with Crippen molar-refractivity contribution in [2.75, 3.05) is 50.1 Å². The molecule has 0 bridgehead atoms. The second kappa shape index (κ2) is 7.44. The summed E-state index contributed by atoms with van der Waals surface area (Å²) in [4.78, 5) is 39.3. The number of urea groups is 1. The maximum Gasteiger partial charge on any atom is 0.337 e. The summed E-state index contributed by atoms with van der Waals surface area (Å²) < 4.78 is 4.76. The van der Waals surface area contributed by atoms with Gasteiger partial charge in [0.15, 0.2) is 0 Å². The van der Waals surface area contributed by atoms with Crippen molar-refractivity contribution in [1.82, 2.24) is 10.2 Å². The molecule has 0 aromatic heterocycles. The number of aliphatic hydroxyl groups excluding tert-OH is 1. The topological polar surface area (TPSA) is 111 Å². The molecule has 0 unspecified atom stereocenters. The molecule has 0 aliphatic carbocycles. The summed E-state index contributed by atoms with van der Waals surface area (Å²) in [6, 6.07) is 6.84. The van der Waals surface area contributed by atoms with Gasteiger partial charge in [0.25, 0.3) is 5.91 Å². The van der Waals surface area contributed by atoms with Crippen LogP contribution in [0.4, 0.5) is 16.2 Å². The Kier molecular flexibility index (Phi) is 5.08. The standard InChI is InChI=1S/C17H20N4O5/c1-26-16(24)13-10-20(7-8-22)15(23)14(13)19-11-3-2-4-12(9-11)21-6-5-18-17(21)25/h2-4,9,19,22H,5-8,10H2,1H3,(H,18,25). The number of hydrogen-bond donors (Lipinski definition) is 3. The van der Waals surface area contributed by atoms with Crippen molar-refractivity contribution in [3.63, 3.8) is 0 Å². The van der Waals surface area contributed by atoms with Crippen molar-refractivity contribution in [2.24, 2.45) is 0 Å². The zero-order valence-corrected chi connectivity index (χ0v) is 14.3. The summed E-state index contributed by atoms with van der Waals surface area (Å²) in [5.41, 5.74) is 1.57. The molecule has 3 N–H and O–H groups in total. The molecule has 0 radical (unpaired) electrons. The van der Waals surface area contributed by atoms with Crippen LogP contribution < -0.4 is 15.5 Å². The number of nitrogens with one attached hydrogen (secondary N) is 2. The van der Waals surface area contributed by atoms with E-state index in [0.717, 1.165) is 0 Å². The molecule has 0 atom stereocenters. The number of amides is 3. The van der Waals surface area contributed by atoms with Crippen molar-refractivity contribution in [1.29, 1.82) is 0 Å². The van der Waals surface area contributed by atoms with Gasteiger partial charge in [-0.1, -0.05) is 6.07 Å². The van der Waals surface area contributed by atoms with Gasteiger partial charge in [-0.3, -0.25) is 9.69 Å². The summed E-state index contributed by atoms with van der Waals surface area (Å²) in [6.45, 7) is 1.12. The fourth-order valence-corrected chi connectivity index (χ4v) is 2.96. The number of methoxy groups -OCH3 is 1. The summed E-state index contributed by atoms with van der Waals surface area (Å²) in [5, 5.41) is 14.8. The average Bonchev–Trinajstić information content (AvgIpc) is 3.20. The molecule has 9 nitrogen and oxygen atoms in total. The number of β-amino-alcohol motifs (C(OH)–C–C–N with tert-alkyl or cyclic N) is 1. The number of esters is 1. The number of carbonyl (C=O) groups is 3. The first kappa shape index (κ1) is 17.7. The van der Waals surface area contributed by atoms with E-state index in [1.54, 1.807) is 29.2 Å². The SMILES string of the molecule is COC(=O)C1=C(Nc2cccc(N3CCNC3=O)c2)C(=O)N(CCO)C1. The quantitative estimate of drug-likeness (QED) is 0.611. The molecule has 1 saturated heterocycles. The largest absolute Gasteiger partial charge is 0.466 e. The van der Waals surface area contributed by atoms with Gasteiger partial charge in [-0.2, -0.15) is 0 Å². The fourth-order valence-electron chi connectivity index (χ4n) is 2.96. The monoisotopic (exact) mass is 360 g/mol. The lowest BCUT2D eigenvalue weighted by atomic mass is 10.2. The zero-order chi connectivity index (χ0) is 18.7. The maximum absolute atomic E-state index is 12.5. The van der Waals surface area contributed by atoms with E-state index in [1.807, 2.05) is 0 Å². The molecular weight excluding hydrogens is 340 g/mol. The van der Waals surface area contributed by atoms with Crippen LogP contribution in [0.5, 0.6) is 0 Å². The molecule has 1 aromatic carbocycles. The Labute approximate surface area is 150 Å². The van der Waals surface area contributed by atoms with E-state index < -0.39 is 5.97 Å². The Balaban J connectivity index is 1.86. The van der Waals surface area contributed by atoms with E-state index >= 15 is 0 Å². The number of ether oxygens (including phenoxy) is 1. The number of nitrogens with zero attached hydrogens (tertiary/aromatic N) is 2. The van der Waals surface area contributed by atoms with Crippen molar-refractivity contribution < 1.29 is 24.2 Å². The molecule has 3 rings (SSSR count). The smallest absolute Gasteiger partial charge is 0.337 e. The van der Waals surface area contributed by atoms with Crippen LogP contribution >= 0.6 is 0 Å². The minimum atomic E-state index is -0.601. The van der Waals surface area contributed by atoms with Gasteiger partial charge in [-0.25, -0.2) is 9.59 Å². The zero-order valence-electron chi connectivity index (χ0n) is 14.3. The molecule has 0 saturated carbocycles. The van der Waals surface area contributed by atoms with Gasteiger partial charge in [0.05, 0.1) is 25.8 Å². The summed E-state index contributed by atoms with van der Waals surface area (Å²) in [5.74, 6) is -0.986. The van der Waals surface area contributed by atoms with Gasteiger partial charge < -0.3 is 25.4 Å². The number of hydrogen-bond acceptors (Lipinski definition) is 6. The van der Waals surface area contributed by atoms with Crippen LogP contribution in [0.1, 0.15) is 0 Å². The number of aliphatic hydroxyl groups is 1. The predicted octanol–water partition coefficient (Wildman–Crippen LogP) is -0.110. The molecule has 26 heavy (non-hydrogen) atoms. The number of rotatable bonds is 6. The van der Waals surface area contributed by atoms with Crippen molar-refractivity contribution in [2.45, 2.75) is 0 Å². The second-order valence-electron chi connectivity index (χ2n) is 5.85. The highest BCUT2D eigenvalue weighted by Gasteiger charge is 2.34. The van der Waals surface area contributed by atoms with Gasteiger partial charge in [0, 0.05) is 31.0 Å². The summed E-state index contributed by atoms with van der Waals surface area (Å²) in [7, 11) is 1.25. The normalized spacial score (nSPS) is 17.0. The molecule has 0 spiro atoms. The molecular formula is C17H20N4O5. The summed E-state index contributed by atoms with van der Waals surface area (Å²) >= 11 is 0. The second-order valence-corrected chi connectivity index (χ2v) is 5.85. The van der Waals surface area contributed by atoms with Gasteiger partial charge in [-0.15, -0.1) is 0 Å². The van der Waals surface area contributed by atoms with Crippen molar-refractivity contribution in [3.05, 3.63) is 35.5 Å². The molecule has 138 valence electrons. The van der Waals surface area contributed by atoms with Crippen LogP contribution in [0.2, 0.25) is 0 Å². The third kappa shape index (κ3) is 3.33. The lowest BCUT2D eigenvalue weighted by Crippen LogP contribution is -2.31. The predicted molar refractivity (Wildman–Crippen MR) is 93.5 cm³/mol. The fraction of sp³-hybridized carbons (Fsp3) is 0.353.